The van der Waals surface area contributed by atoms with Crippen LogP contribution in [0.15, 0.2) is 18.3 Å². The van der Waals surface area contributed by atoms with Crippen molar-refractivity contribution < 1.29 is 0 Å². The molecule has 0 aliphatic heterocycles. The van der Waals surface area contributed by atoms with E-state index < -0.39 is 0 Å². The zero-order chi connectivity index (χ0) is 9.52. The average molecular weight is 177 g/mol. The first-order valence-electron chi connectivity index (χ1n) is 4.59. The highest BCUT2D eigenvalue weighted by molar-refractivity contribution is 5.06. The van der Waals surface area contributed by atoms with Crippen molar-refractivity contribution in [2.75, 3.05) is 0 Å². The molecule has 0 saturated carbocycles. The molecule has 0 aromatic carbocycles. The lowest BCUT2D eigenvalue weighted by molar-refractivity contribution is 0.598. The molecule has 3 nitrogen and oxygen atoms in total. The molecule has 0 amide bonds. The molecule has 0 fully saturated rings. The zero-order valence-corrected chi connectivity index (χ0v) is 7.74. The second kappa shape index (κ2) is 5.39. The Morgan fingerprint density at radius 1 is 1.46 bits per heavy atom. The summed E-state index contributed by atoms with van der Waals surface area (Å²) in [7, 11) is 0. The molecule has 1 aromatic heterocycles. The number of nitriles is 1. The van der Waals surface area contributed by atoms with Gasteiger partial charge in [0, 0.05) is 31.4 Å². The lowest BCUT2D eigenvalue weighted by Gasteiger charge is -2.05. The van der Waals surface area contributed by atoms with E-state index in [4.69, 9.17) is 11.0 Å². The summed E-state index contributed by atoms with van der Waals surface area (Å²) in [5.74, 6) is 0. The average Bonchev–Trinajstić information content (AvgIpc) is 2.60. The quantitative estimate of drug-likeness (QED) is 0.695. The Bertz CT molecular complexity index is 283. The minimum Gasteiger partial charge on any atom is -0.350 e. The minimum atomic E-state index is 0.589. The van der Waals surface area contributed by atoms with Crippen molar-refractivity contribution in [1.29, 1.82) is 5.26 Å². The Morgan fingerprint density at radius 3 is 3.00 bits per heavy atom. The van der Waals surface area contributed by atoms with E-state index in [2.05, 4.69) is 10.6 Å². The van der Waals surface area contributed by atoms with Gasteiger partial charge in [-0.3, -0.25) is 0 Å². The maximum atomic E-state index is 8.35. The molecule has 1 heterocycles. The van der Waals surface area contributed by atoms with Gasteiger partial charge in [-0.05, 0) is 25.0 Å². The van der Waals surface area contributed by atoms with Crippen LogP contribution in [0.1, 0.15) is 25.0 Å². The molecule has 0 unspecified atom stereocenters. The molecule has 0 bridgehead atoms. The number of hydrogen-bond acceptors (Lipinski definition) is 2. The highest BCUT2D eigenvalue weighted by Crippen LogP contribution is 2.04. The van der Waals surface area contributed by atoms with E-state index in [9.17, 15) is 0 Å². The van der Waals surface area contributed by atoms with Crippen LogP contribution in [-0.2, 0) is 13.1 Å². The SMILES string of the molecule is N#CCCCCn1cccc1CN. The standard InChI is InChI=1S/C10H15N3/c11-6-2-1-3-7-13-8-4-5-10(13)9-12/h4-5,8H,1-3,7,9,12H2. The molecule has 3 heteroatoms. The number of rotatable bonds is 5. The lowest BCUT2D eigenvalue weighted by atomic mass is 10.2. The van der Waals surface area contributed by atoms with Crippen molar-refractivity contribution in [2.45, 2.75) is 32.4 Å². The summed E-state index contributed by atoms with van der Waals surface area (Å²) in [5.41, 5.74) is 6.72. The fourth-order valence-electron chi connectivity index (χ4n) is 1.34. The molecule has 1 rings (SSSR count). The monoisotopic (exact) mass is 177 g/mol. The van der Waals surface area contributed by atoms with Crippen LogP contribution in [0.25, 0.3) is 0 Å². The summed E-state index contributed by atoms with van der Waals surface area (Å²) in [6.45, 7) is 1.56. The third-order valence-corrected chi connectivity index (χ3v) is 2.07. The fraction of sp³-hybridized carbons (Fsp3) is 0.500. The van der Waals surface area contributed by atoms with Crippen LogP contribution in [0, 0.1) is 11.3 Å². The first-order valence-corrected chi connectivity index (χ1v) is 4.59. The second-order valence-corrected chi connectivity index (χ2v) is 3.01. The molecule has 0 radical (unpaired) electrons. The van der Waals surface area contributed by atoms with Crippen LogP contribution >= 0.6 is 0 Å². The van der Waals surface area contributed by atoms with Gasteiger partial charge < -0.3 is 10.3 Å². The number of nitrogens with zero attached hydrogens (tertiary/aromatic N) is 2. The number of unbranched alkanes of at least 4 members (excludes halogenated alkanes) is 2. The molecular weight excluding hydrogens is 162 g/mol. The van der Waals surface area contributed by atoms with Crippen molar-refractivity contribution in [1.82, 2.24) is 4.57 Å². The summed E-state index contributed by atoms with van der Waals surface area (Å²) in [5, 5.41) is 8.35. The number of aromatic nitrogens is 1. The van der Waals surface area contributed by atoms with Gasteiger partial charge in [0.25, 0.3) is 0 Å². The Kier molecular flexibility index (Phi) is 4.07. The molecule has 2 N–H and O–H groups in total. The van der Waals surface area contributed by atoms with Gasteiger partial charge in [0.15, 0.2) is 0 Å². The topological polar surface area (TPSA) is 54.7 Å². The van der Waals surface area contributed by atoms with E-state index in [-0.39, 0.29) is 0 Å². The number of nitrogens with two attached hydrogens (primary N) is 1. The minimum absolute atomic E-state index is 0.589. The van der Waals surface area contributed by atoms with Gasteiger partial charge in [0.05, 0.1) is 6.07 Å². The van der Waals surface area contributed by atoms with Crippen LogP contribution in [-0.4, -0.2) is 4.57 Å². The highest BCUT2D eigenvalue weighted by atomic mass is 15.0. The molecule has 0 aliphatic rings. The Morgan fingerprint density at radius 2 is 2.31 bits per heavy atom. The van der Waals surface area contributed by atoms with E-state index in [0.717, 1.165) is 25.1 Å². The third-order valence-electron chi connectivity index (χ3n) is 2.07. The van der Waals surface area contributed by atoms with Crippen LogP contribution in [0.5, 0.6) is 0 Å². The summed E-state index contributed by atoms with van der Waals surface area (Å²) in [6, 6.07) is 6.18. The fourth-order valence-corrected chi connectivity index (χ4v) is 1.34. The van der Waals surface area contributed by atoms with E-state index in [1.807, 2.05) is 18.3 Å². The van der Waals surface area contributed by atoms with Crippen molar-refractivity contribution in [3.63, 3.8) is 0 Å². The van der Waals surface area contributed by atoms with Crippen molar-refractivity contribution in [3.8, 4) is 6.07 Å². The molecule has 0 saturated heterocycles. The lowest BCUT2D eigenvalue weighted by Crippen LogP contribution is -2.06. The van der Waals surface area contributed by atoms with Crippen LogP contribution in [0.4, 0.5) is 0 Å². The first kappa shape index (κ1) is 9.82. The Balaban J connectivity index is 2.32. The third kappa shape index (κ3) is 2.92. The molecule has 13 heavy (non-hydrogen) atoms. The van der Waals surface area contributed by atoms with Gasteiger partial charge in [0.2, 0.25) is 0 Å². The van der Waals surface area contributed by atoms with Gasteiger partial charge in [-0.1, -0.05) is 0 Å². The van der Waals surface area contributed by atoms with Gasteiger partial charge in [-0.25, -0.2) is 0 Å². The van der Waals surface area contributed by atoms with Gasteiger partial charge in [-0.2, -0.15) is 5.26 Å². The van der Waals surface area contributed by atoms with E-state index >= 15 is 0 Å². The van der Waals surface area contributed by atoms with Crippen molar-refractivity contribution >= 4 is 0 Å². The van der Waals surface area contributed by atoms with Crippen molar-refractivity contribution in [2.24, 2.45) is 5.73 Å². The second-order valence-electron chi connectivity index (χ2n) is 3.01. The highest BCUT2D eigenvalue weighted by Gasteiger charge is 1.97. The normalized spacial score (nSPS) is 9.85. The van der Waals surface area contributed by atoms with Crippen LogP contribution in [0.3, 0.4) is 0 Å². The number of aryl methyl sites for hydroxylation is 1. The van der Waals surface area contributed by atoms with Gasteiger partial charge >= 0.3 is 0 Å². The first-order chi connectivity index (χ1) is 6.38. The summed E-state index contributed by atoms with van der Waals surface area (Å²) in [4.78, 5) is 0. The Hall–Kier alpha value is -1.27. The smallest absolute Gasteiger partial charge is 0.0621 e. The van der Waals surface area contributed by atoms with Crippen LogP contribution < -0.4 is 5.73 Å². The predicted octanol–water partition coefficient (Wildman–Crippen LogP) is 1.64. The van der Waals surface area contributed by atoms with Crippen molar-refractivity contribution in [3.05, 3.63) is 24.0 Å². The summed E-state index contributed by atoms with van der Waals surface area (Å²) < 4.78 is 2.15. The maximum absolute atomic E-state index is 8.35. The molecule has 70 valence electrons. The molecule has 1 aromatic rings. The maximum Gasteiger partial charge on any atom is 0.0621 e. The van der Waals surface area contributed by atoms with E-state index in [1.54, 1.807) is 0 Å². The van der Waals surface area contributed by atoms with E-state index in [0.29, 0.717) is 13.0 Å². The predicted molar refractivity (Wildman–Crippen MR) is 51.8 cm³/mol. The van der Waals surface area contributed by atoms with E-state index in [1.165, 1.54) is 0 Å². The zero-order valence-electron chi connectivity index (χ0n) is 7.74. The number of hydrogen-bond donors (Lipinski definition) is 1. The molecule has 0 atom stereocenters. The summed E-state index contributed by atoms with van der Waals surface area (Å²) in [6.07, 6.45) is 4.71. The van der Waals surface area contributed by atoms with Gasteiger partial charge in [0.1, 0.15) is 0 Å². The molecule has 0 spiro atoms. The van der Waals surface area contributed by atoms with Crippen LogP contribution in [0.2, 0.25) is 0 Å². The molecule has 0 aliphatic carbocycles. The van der Waals surface area contributed by atoms with Gasteiger partial charge in [-0.15, -0.1) is 0 Å². The molecular formula is C10H15N3. The Labute approximate surface area is 78.8 Å². The largest absolute Gasteiger partial charge is 0.350 e. The summed E-state index contributed by atoms with van der Waals surface area (Å²) >= 11 is 0.